The summed E-state index contributed by atoms with van der Waals surface area (Å²) < 4.78 is 0. The van der Waals surface area contributed by atoms with Crippen LogP contribution in [0.25, 0.3) is 0 Å². The van der Waals surface area contributed by atoms with Crippen molar-refractivity contribution in [3.63, 3.8) is 0 Å². The highest BCUT2D eigenvalue weighted by molar-refractivity contribution is 6.65. The molecule has 0 rings (SSSR count). The van der Waals surface area contributed by atoms with Crippen LogP contribution in [0.5, 0.6) is 0 Å². The highest BCUT2D eigenvalue weighted by Crippen LogP contribution is 1.32. The maximum Gasteiger partial charge on any atom is 0.194 e. The van der Waals surface area contributed by atoms with Gasteiger partial charge in [-0.05, 0) is 0 Å². The molecule has 0 aliphatic rings. The smallest absolute Gasteiger partial charge is 0.194 e. The van der Waals surface area contributed by atoms with E-state index in [4.69, 9.17) is 4.79 Å². The Morgan fingerprint density at radius 2 is 2.25 bits per heavy atom. The number of rotatable bonds is 1. The Labute approximate surface area is 26.3 Å². The van der Waals surface area contributed by atoms with Crippen LogP contribution in [0, 0.1) is 0 Å². The Morgan fingerprint density at radius 1 is 2.00 bits per heavy atom. The number of hydrogen-bond acceptors (Lipinski definition) is 1. The molecule has 21 valence electrons. The molecule has 1 nitrogen and oxygen atoms in total. The molecule has 0 bridgehead atoms. The summed E-state index contributed by atoms with van der Waals surface area (Å²) in [6.45, 7) is 1.69. The molecule has 4 heavy (non-hydrogen) atoms. The first-order valence-electron chi connectivity index (χ1n) is 1.15. The van der Waals surface area contributed by atoms with Crippen LogP contribution in [0.4, 0.5) is 0 Å². The second kappa shape index (κ2) is 2.73. The Kier molecular flexibility index (Phi) is 2.55. The van der Waals surface area contributed by atoms with Gasteiger partial charge in [0.2, 0.25) is 0 Å². The average molecular weight is 54.9 g/mol. The van der Waals surface area contributed by atoms with Gasteiger partial charge < -0.3 is 4.79 Å². The van der Waals surface area contributed by atoms with Gasteiger partial charge in [0, 0.05) is 0 Å². The molecule has 0 saturated heterocycles. The Hall–Kier alpha value is -0.265. The van der Waals surface area contributed by atoms with Gasteiger partial charge in [-0.3, -0.25) is 0 Å². The molecule has 0 aliphatic carbocycles. The van der Waals surface area contributed by atoms with Crippen LogP contribution in [0.3, 0.4) is 0 Å². The van der Waals surface area contributed by atoms with Crippen LogP contribution >= 0.6 is 0 Å². The van der Waals surface area contributed by atoms with E-state index in [2.05, 4.69) is 0 Å². The third kappa shape index (κ3) is 1.73. The summed E-state index contributed by atoms with van der Waals surface area (Å²) in [5, 5.41) is 0. The molecular weight excluding hydrogens is 50.8 g/mol. The normalized spacial score (nSPS) is 5.25. The Morgan fingerprint density at radius 3 is 2.25 bits per heavy atom. The molecule has 1 radical (unpaired) electrons. The first kappa shape index (κ1) is 3.73. The van der Waals surface area contributed by atoms with Gasteiger partial charge in [0.1, 0.15) is 0 Å². The van der Waals surface area contributed by atoms with Crippen LogP contribution in [-0.2, 0) is 4.79 Å². The summed E-state index contributed by atoms with van der Waals surface area (Å²) in [5.74, 6) is 0. The van der Waals surface area contributed by atoms with Crippen molar-refractivity contribution in [3.8, 4) is 0 Å². The fourth-order valence-corrected chi connectivity index (χ4v) is 0. The molecule has 0 fully saturated rings. The molecule has 0 aromatic rings. The minimum absolute atomic E-state index is 0.750. The van der Waals surface area contributed by atoms with E-state index in [-0.39, 0.29) is 0 Å². The Bertz CT molecular complexity index is 20.0. The van der Waals surface area contributed by atoms with Crippen LogP contribution in [-0.4, -0.2) is 13.5 Å². The molecule has 0 aliphatic heterocycles. The summed E-state index contributed by atoms with van der Waals surface area (Å²) in [7, 11) is 1.44. The average Bonchev–Trinajstić information content (AvgIpc) is 1.37. The summed E-state index contributed by atoms with van der Waals surface area (Å²) in [6, 6.07) is 0. The SMILES string of the molecule is C[B]C=O. The molecule has 0 atom stereocenters. The third-order valence-electron chi connectivity index (χ3n) is 0.136. The number of carbonyl (C=O) groups excluding carboxylic acids is 1. The standard InChI is InChI=1S/C2H4BO/c1-3-2-4/h2H,1H3. The monoisotopic (exact) mass is 55.0 g/mol. The lowest BCUT2D eigenvalue weighted by atomic mass is 9.86. The number of carbonyl (C=O) groups is 1. The van der Waals surface area contributed by atoms with Crippen molar-refractivity contribution in [3.05, 3.63) is 0 Å². The van der Waals surface area contributed by atoms with E-state index >= 15 is 0 Å². The molecule has 2 heteroatoms. The van der Waals surface area contributed by atoms with Crippen LogP contribution < -0.4 is 0 Å². The van der Waals surface area contributed by atoms with Crippen LogP contribution in [0.15, 0.2) is 0 Å². The van der Waals surface area contributed by atoms with Crippen LogP contribution in [0.2, 0.25) is 6.82 Å². The predicted molar refractivity (Wildman–Crippen MR) is 18.4 cm³/mol. The second-order valence-electron chi connectivity index (χ2n) is 0.469. The predicted octanol–water partition coefficient (Wildman–Crippen LogP) is -0.0711. The zero-order chi connectivity index (χ0) is 3.41. The van der Waals surface area contributed by atoms with E-state index < -0.39 is 0 Å². The maximum atomic E-state index is 9.12. The van der Waals surface area contributed by atoms with Crippen molar-refractivity contribution in [2.45, 2.75) is 6.82 Å². The fraction of sp³-hybridized carbons (Fsp3) is 0.500. The van der Waals surface area contributed by atoms with Crippen molar-refractivity contribution >= 4 is 13.5 Å². The molecule has 0 aromatic heterocycles. The first-order chi connectivity index (χ1) is 1.91. The van der Waals surface area contributed by atoms with E-state index in [0.717, 1.165) is 6.19 Å². The van der Waals surface area contributed by atoms with Gasteiger partial charge in [0.25, 0.3) is 0 Å². The van der Waals surface area contributed by atoms with Gasteiger partial charge in [0.15, 0.2) is 7.28 Å². The zero-order valence-corrected chi connectivity index (χ0v) is 2.56. The van der Waals surface area contributed by atoms with Gasteiger partial charge >= 0.3 is 0 Å². The van der Waals surface area contributed by atoms with E-state index in [9.17, 15) is 0 Å². The third-order valence-corrected chi connectivity index (χ3v) is 0.136. The first-order valence-corrected chi connectivity index (χ1v) is 1.15. The van der Waals surface area contributed by atoms with Gasteiger partial charge in [-0.15, -0.1) is 0 Å². The number of hydrogen-bond donors (Lipinski definition) is 0. The van der Waals surface area contributed by atoms with E-state index in [0.29, 0.717) is 0 Å². The second-order valence-corrected chi connectivity index (χ2v) is 0.469. The Balaban J connectivity index is 2.30. The fourth-order valence-electron chi connectivity index (χ4n) is 0. The zero-order valence-electron chi connectivity index (χ0n) is 2.56. The molecule has 0 N–H and O–H groups in total. The van der Waals surface area contributed by atoms with Gasteiger partial charge in [-0.2, -0.15) is 0 Å². The largest absolute Gasteiger partial charge is 0.316 e. The highest BCUT2D eigenvalue weighted by Gasteiger charge is 1.59. The molecular formula is C2H4BO. The highest BCUT2D eigenvalue weighted by atomic mass is 16.1. The summed E-state index contributed by atoms with van der Waals surface area (Å²) in [5.41, 5.74) is 0. The van der Waals surface area contributed by atoms with Crippen molar-refractivity contribution in [1.29, 1.82) is 0 Å². The molecule has 0 aromatic carbocycles. The van der Waals surface area contributed by atoms with Gasteiger partial charge in [0.05, 0.1) is 6.19 Å². The molecule has 0 amide bonds. The molecule has 0 saturated carbocycles. The van der Waals surface area contributed by atoms with Crippen molar-refractivity contribution < 1.29 is 4.79 Å². The van der Waals surface area contributed by atoms with Crippen molar-refractivity contribution in [2.24, 2.45) is 0 Å². The minimum atomic E-state index is 0.750. The summed E-state index contributed by atoms with van der Waals surface area (Å²) in [6.07, 6.45) is 0.750. The topological polar surface area (TPSA) is 17.1 Å². The van der Waals surface area contributed by atoms with Gasteiger partial charge in [-0.1, -0.05) is 6.82 Å². The molecule has 0 spiro atoms. The lowest BCUT2D eigenvalue weighted by molar-refractivity contribution is 0.568. The lowest BCUT2D eigenvalue weighted by Crippen LogP contribution is -1.75. The van der Waals surface area contributed by atoms with Crippen molar-refractivity contribution in [1.82, 2.24) is 0 Å². The van der Waals surface area contributed by atoms with E-state index in [1.54, 1.807) is 6.82 Å². The van der Waals surface area contributed by atoms with Gasteiger partial charge in [-0.25, -0.2) is 0 Å². The quantitative estimate of drug-likeness (QED) is 0.303. The lowest BCUT2D eigenvalue weighted by Gasteiger charge is -1.45. The minimum Gasteiger partial charge on any atom is -0.316 e. The van der Waals surface area contributed by atoms with Crippen LogP contribution in [0.1, 0.15) is 0 Å². The van der Waals surface area contributed by atoms with E-state index in [1.165, 1.54) is 7.28 Å². The maximum absolute atomic E-state index is 9.12. The summed E-state index contributed by atoms with van der Waals surface area (Å²) in [4.78, 5) is 9.12. The van der Waals surface area contributed by atoms with Crippen molar-refractivity contribution in [2.75, 3.05) is 0 Å². The summed E-state index contributed by atoms with van der Waals surface area (Å²) >= 11 is 0. The molecule has 0 heterocycles. The van der Waals surface area contributed by atoms with E-state index in [1.807, 2.05) is 0 Å². The molecule has 0 unspecified atom stereocenters.